The van der Waals surface area contributed by atoms with Crippen molar-refractivity contribution in [3.63, 3.8) is 0 Å². The number of para-hydroxylation sites is 2. The van der Waals surface area contributed by atoms with Crippen LogP contribution in [0.4, 0.5) is 0 Å². The highest BCUT2D eigenvalue weighted by molar-refractivity contribution is 6.12. The minimum absolute atomic E-state index is 0.113. The molecular formula is C121H79N. The molecule has 5 aliphatic carbocycles. The molecule has 0 saturated carbocycles. The van der Waals surface area contributed by atoms with Gasteiger partial charge in [0.1, 0.15) is 0 Å². The molecule has 1 heterocycles. The van der Waals surface area contributed by atoms with Crippen molar-refractivity contribution >= 4 is 43.4 Å². The second-order valence-corrected chi connectivity index (χ2v) is 33.9. The standard InChI is InChI=1S/C61H40.C60H39N/c1-3-13-38(14-4-1)40-23-26-42(27-24-40)60-52-32-30-45(35-54(52)56-36-55-48-20-10-11-21-49(48)59(57(55)37-58(56)60)41-16-5-2-6-17-41)44-29-31-51-53(34-44)47-19-9-12-22-50(47)61(51)46-28-25-39-15-7-8-18-43(39)33-46;1-3-13-38(14-4-1)40-23-26-41(27-24-40)59-51-32-30-44(35-53(51)54-37-58-55(36-56(54)59)48-20-11-12-22-57(48)61(58)46-17-5-2-6-18-46)43-29-31-50-52(34-43)47-19-9-10-21-49(47)60(50)45-28-25-39-15-7-8-16-42(39)33-45/h1-37,59-61H;1-37,59-60H. The fraction of sp³-hybridized carbons (Fsp3) is 0.0413. The van der Waals surface area contributed by atoms with E-state index >= 15 is 0 Å². The summed E-state index contributed by atoms with van der Waals surface area (Å²) in [6, 6.07) is 168. The number of hydrogen-bond donors (Lipinski definition) is 0. The number of aromatic nitrogens is 1. The lowest BCUT2D eigenvalue weighted by Crippen LogP contribution is -2.03. The van der Waals surface area contributed by atoms with E-state index in [1.54, 1.807) is 0 Å². The minimum atomic E-state index is 0.113. The average Bonchev–Trinajstić information content (AvgIpc) is 1.58. The highest BCUT2D eigenvalue weighted by Gasteiger charge is 2.39. The van der Waals surface area contributed by atoms with Crippen molar-refractivity contribution < 1.29 is 0 Å². The van der Waals surface area contributed by atoms with Crippen LogP contribution in [0.2, 0.25) is 0 Å². The summed E-state index contributed by atoms with van der Waals surface area (Å²) >= 11 is 0. The van der Waals surface area contributed by atoms with Gasteiger partial charge < -0.3 is 4.57 Å². The topological polar surface area (TPSA) is 4.93 Å². The molecule has 26 rings (SSSR count). The van der Waals surface area contributed by atoms with E-state index in [4.69, 9.17) is 0 Å². The molecule has 5 atom stereocenters. The Morgan fingerprint density at radius 1 is 0.139 bits per heavy atom. The number of fused-ring (bicyclic) bond motifs is 20. The first kappa shape index (κ1) is 69.8. The molecule has 0 N–H and O–H groups in total. The molecule has 20 aromatic carbocycles. The van der Waals surface area contributed by atoms with E-state index in [-0.39, 0.29) is 29.6 Å². The van der Waals surface area contributed by atoms with E-state index in [0.29, 0.717) is 0 Å². The van der Waals surface area contributed by atoms with Gasteiger partial charge >= 0.3 is 0 Å². The smallest absolute Gasteiger partial charge is 0.0547 e. The molecule has 1 aromatic heterocycles. The molecule has 0 fully saturated rings. The highest BCUT2D eigenvalue weighted by atomic mass is 15.0. The fourth-order valence-electron chi connectivity index (χ4n) is 21.9. The maximum atomic E-state index is 2.57. The molecule has 21 aromatic rings. The van der Waals surface area contributed by atoms with Gasteiger partial charge in [0.25, 0.3) is 0 Å². The molecule has 0 radical (unpaired) electrons. The van der Waals surface area contributed by atoms with Crippen LogP contribution in [-0.2, 0) is 0 Å². The van der Waals surface area contributed by atoms with Crippen LogP contribution in [0.25, 0.3) is 149 Å². The SMILES string of the molecule is c1ccc(-c2ccc(C3c4ccc(-c5ccc6c(c5)-c5ccccc5C6c5ccc6ccccc6c5)cc4-c4cc5c(cc43)C(c3ccccc3)c3ccccc3-5)cc2)cc1.c1ccc(-c2ccc(C3c4ccc(-c5ccc6c(c5)-c5ccccc5C6c5ccc6ccccc6c5)cc4-c4cc5c(cc43)c3ccccc3n5-c3ccccc3)cc2)cc1. The van der Waals surface area contributed by atoms with E-state index in [1.807, 2.05) is 0 Å². The molecule has 0 bridgehead atoms. The molecule has 5 aliphatic rings. The number of hydrogen-bond acceptors (Lipinski definition) is 0. The van der Waals surface area contributed by atoms with Gasteiger partial charge in [-0.15, -0.1) is 0 Å². The Kier molecular flexibility index (Phi) is 16.1. The normalized spacial score (nSPS) is 15.6. The summed E-state index contributed by atoms with van der Waals surface area (Å²) in [5, 5.41) is 7.70. The summed E-state index contributed by atoms with van der Waals surface area (Å²) < 4.78 is 2.44. The third-order valence-electron chi connectivity index (χ3n) is 27.5. The van der Waals surface area contributed by atoms with Gasteiger partial charge in [-0.3, -0.25) is 0 Å². The first-order chi connectivity index (χ1) is 60.5. The second kappa shape index (κ2) is 28.2. The first-order valence-corrected chi connectivity index (χ1v) is 43.0. The van der Waals surface area contributed by atoms with Crippen molar-refractivity contribution in [3.05, 3.63) is 532 Å². The Morgan fingerprint density at radius 3 is 0.902 bits per heavy atom. The summed E-state index contributed by atoms with van der Waals surface area (Å²) in [4.78, 5) is 0. The predicted octanol–water partition coefficient (Wildman–Crippen LogP) is 31.2. The maximum Gasteiger partial charge on any atom is 0.0547 e. The van der Waals surface area contributed by atoms with E-state index in [2.05, 4.69) is 453 Å². The number of benzene rings is 20. The minimum Gasteiger partial charge on any atom is -0.309 e. The summed E-state index contributed by atoms with van der Waals surface area (Å²) in [7, 11) is 0. The zero-order chi connectivity index (χ0) is 80.0. The van der Waals surface area contributed by atoms with Crippen LogP contribution in [0.5, 0.6) is 0 Å². The van der Waals surface area contributed by atoms with Crippen molar-refractivity contribution in [2.45, 2.75) is 29.6 Å². The van der Waals surface area contributed by atoms with Gasteiger partial charge in [0.05, 0.1) is 11.0 Å². The van der Waals surface area contributed by atoms with Crippen molar-refractivity contribution in [2.24, 2.45) is 0 Å². The Bertz CT molecular complexity index is 7800. The molecule has 1 heteroatoms. The van der Waals surface area contributed by atoms with Crippen LogP contribution in [0.3, 0.4) is 0 Å². The van der Waals surface area contributed by atoms with Crippen molar-refractivity contribution in [1.82, 2.24) is 4.57 Å². The van der Waals surface area contributed by atoms with Gasteiger partial charge in [-0.2, -0.15) is 0 Å². The Balaban J connectivity index is 0.000000134. The monoisotopic (exact) mass is 1550 g/mol. The summed E-state index contributed by atoms with van der Waals surface area (Å²) in [6.07, 6.45) is 0. The zero-order valence-corrected chi connectivity index (χ0v) is 67.1. The Labute approximate surface area is 710 Å². The number of nitrogens with zero attached hydrogens (tertiary/aromatic N) is 1. The molecule has 122 heavy (non-hydrogen) atoms. The predicted molar refractivity (Wildman–Crippen MR) is 508 cm³/mol. The van der Waals surface area contributed by atoms with Crippen LogP contribution >= 0.6 is 0 Å². The van der Waals surface area contributed by atoms with Gasteiger partial charge in [0.2, 0.25) is 0 Å². The van der Waals surface area contributed by atoms with Gasteiger partial charge in [-0.25, -0.2) is 0 Å². The van der Waals surface area contributed by atoms with Crippen LogP contribution < -0.4 is 0 Å². The zero-order valence-electron chi connectivity index (χ0n) is 67.1. The molecule has 1 nitrogen and oxygen atoms in total. The molecule has 0 spiro atoms. The van der Waals surface area contributed by atoms with Crippen LogP contribution in [-0.4, -0.2) is 4.57 Å². The van der Waals surface area contributed by atoms with Crippen LogP contribution in [0.1, 0.15) is 113 Å². The lowest BCUT2D eigenvalue weighted by molar-refractivity contribution is 0.982. The maximum absolute atomic E-state index is 2.57. The lowest BCUT2D eigenvalue weighted by Gasteiger charge is -2.19. The quantitative estimate of drug-likeness (QED) is 0.129. The van der Waals surface area contributed by atoms with Crippen LogP contribution in [0, 0.1) is 0 Å². The molecule has 0 aliphatic heterocycles. The molecule has 0 saturated heterocycles. The molecule has 5 unspecified atom stereocenters. The van der Waals surface area contributed by atoms with Gasteiger partial charge in [-0.05, 0) is 266 Å². The van der Waals surface area contributed by atoms with Crippen LogP contribution in [0.15, 0.2) is 449 Å². The summed E-state index contributed by atoms with van der Waals surface area (Å²) in [5.41, 5.74) is 47.4. The van der Waals surface area contributed by atoms with E-state index < -0.39 is 0 Å². The second-order valence-electron chi connectivity index (χ2n) is 33.9. The van der Waals surface area contributed by atoms with E-state index in [9.17, 15) is 0 Å². The Morgan fingerprint density at radius 2 is 0.443 bits per heavy atom. The van der Waals surface area contributed by atoms with Crippen molar-refractivity contribution in [2.75, 3.05) is 0 Å². The van der Waals surface area contributed by atoms with Gasteiger partial charge in [-0.1, -0.05) is 388 Å². The third kappa shape index (κ3) is 11.2. The van der Waals surface area contributed by atoms with Gasteiger partial charge in [0, 0.05) is 46.0 Å². The fourth-order valence-corrected chi connectivity index (χ4v) is 21.9. The number of rotatable bonds is 10. The highest BCUT2D eigenvalue weighted by Crippen LogP contribution is 2.59. The van der Waals surface area contributed by atoms with Crippen molar-refractivity contribution in [3.8, 4) is 106 Å². The molecular weight excluding hydrogens is 1470 g/mol. The summed E-state index contributed by atoms with van der Waals surface area (Å²) in [5.74, 6) is 0.844. The molecule has 0 amide bonds. The first-order valence-electron chi connectivity index (χ1n) is 43.0. The van der Waals surface area contributed by atoms with Crippen molar-refractivity contribution in [1.29, 1.82) is 0 Å². The summed E-state index contributed by atoms with van der Waals surface area (Å²) in [6.45, 7) is 0. The average molecular weight is 1550 g/mol. The lowest BCUT2D eigenvalue weighted by atomic mass is 9.84. The van der Waals surface area contributed by atoms with E-state index in [0.717, 1.165) is 0 Å². The third-order valence-corrected chi connectivity index (χ3v) is 27.5. The van der Waals surface area contributed by atoms with E-state index in [1.165, 1.54) is 233 Å². The molecule has 568 valence electrons. The van der Waals surface area contributed by atoms with Gasteiger partial charge in [0.15, 0.2) is 0 Å². The largest absolute Gasteiger partial charge is 0.309 e. The Hall–Kier alpha value is -15.3.